The van der Waals surface area contributed by atoms with Gasteiger partial charge in [-0.05, 0) is 86.7 Å². The Bertz CT molecular complexity index is 1490. The molecule has 1 aromatic heterocycles. The smallest absolute Gasteiger partial charge is 0.418 e. The van der Waals surface area contributed by atoms with Crippen LogP contribution in [-0.2, 0) is 28.5 Å². The molecule has 3 saturated heterocycles. The predicted octanol–water partition coefficient (Wildman–Crippen LogP) is 6.08. The molecule has 4 amide bonds. The Morgan fingerprint density at radius 2 is 1.62 bits per heavy atom. The molecule has 4 aliphatic rings. The van der Waals surface area contributed by atoms with Crippen LogP contribution in [-0.4, -0.2) is 102 Å². The normalized spacial score (nSPS) is 21.0. The lowest BCUT2D eigenvalue weighted by atomic mass is 9.98. The highest BCUT2D eigenvalue weighted by Gasteiger charge is 2.38. The maximum Gasteiger partial charge on any atom is 0.418 e. The molecule has 48 heavy (non-hydrogen) atoms. The number of thiophene rings is 1. The number of fused-ring (bicyclic) bond motifs is 1. The molecule has 5 heterocycles. The number of nitrogens with one attached hydrogen (secondary N) is 1. The number of carbonyl (C=O) groups is 3. The quantitative estimate of drug-likeness (QED) is 0.352. The molecule has 15 heteroatoms. The fourth-order valence-corrected chi connectivity index (χ4v) is 8.48. The number of nitrogen functional groups attached to an aromatic ring is 1. The summed E-state index contributed by atoms with van der Waals surface area (Å²) in [4.78, 5) is 47.9. The predicted molar refractivity (Wildman–Crippen MR) is 178 cm³/mol. The molecule has 1 atom stereocenters. The van der Waals surface area contributed by atoms with Crippen molar-refractivity contribution in [3.63, 3.8) is 0 Å². The Balaban J connectivity index is 1.12. The summed E-state index contributed by atoms with van der Waals surface area (Å²) in [6, 6.07) is 2.30. The molecule has 1 aromatic carbocycles. The number of carbonyl (C=O) groups excluding carboxylic acids is 3. The first-order chi connectivity index (χ1) is 23.0. The lowest BCUT2D eigenvalue weighted by molar-refractivity contribution is -0.142. The van der Waals surface area contributed by atoms with Crippen molar-refractivity contribution >= 4 is 52.3 Å². The van der Waals surface area contributed by atoms with Crippen molar-refractivity contribution in [1.29, 1.82) is 0 Å². The van der Waals surface area contributed by atoms with Gasteiger partial charge in [0.1, 0.15) is 0 Å². The van der Waals surface area contributed by atoms with Crippen LogP contribution in [0.15, 0.2) is 22.9 Å². The molecule has 0 bridgehead atoms. The van der Waals surface area contributed by atoms with Crippen LogP contribution in [0, 0.1) is 0 Å². The summed E-state index contributed by atoms with van der Waals surface area (Å²) in [7, 11) is 0. The molecule has 0 unspecified atom stereocenters. The first-order valence-corrected chi connectivity index (χ1v) is 18.1. The van der Waals surface area contributed by atoms with E-state index in [1.807, 2.05) is 15.7 Å². The van der Waals surface area contributed by atoms with E-state index in [4.69, 9.17) is 22.1 Å². The van der Waals surface area contributed by atoms with Gasteiger partial charge in [0.15, 0.2) is 6.10 Å². The van der Waals surface area contributed by atoms with Gasteiger partial charge in [0.05, 0.1) is 22.0 Å². The Hall–Kier alpha value is -3.23. The number of alkyl halides is 3. The molecular weight excluding hydrogens is 669 g/mol. The van der Waals surface area contributed by atoms with Crippen molar-refractivity contribution in [1.82, 2.24) is 19.6 Å². The van der Waals surface area contributed by atoms with Crippen LogP contribution in [0.4, 0.5) is 34.1 Å². The van der Waals surface area contributed by atoms with Crippen molar-refractivity contribution < 1.29 is 32.3 Å². The molecule has 3 fully saturated rings. The molecule has 0 aliphatic carbocycles. The number of urea groups is 1. The van der Waals surface area contributed by atoms with Gasteiger partial charge in [-0.2, -0.15) is 13.2 Å². The van der Waals surface area contributed by atoms with Crippen LogP contribution in [0.3, 0.4) is 0 Å². The van der Waals surface area contributed by atoms with E-state index in [1.165, 1.54) is 30.2 Å². The number of piperidine rings is 3. The topological polar surface area (TPSA) is 111 Å². The van der Waals surface area contributed by atoms with Crippen LogP contribution in [0.5, 0.6) is 0 Å². The molecule has 4 aliphatic heterocycles. The van der Waals surface area contributed by atoms with Crippen LogP contribution >= 0.6 is 22.9 Å². The highest BCUT2D eigenvalue weighted by atomic mass is 35.5. The number of nitrogens with two attached hydrogens (primary N) is 1. The zero-order chi connectivity index (χ0) is 34.0. The molecule has 262 valence electrons. The zero-order valence-corrected chi connectivity index (χ0v) is 28.3. The fraction of sp³-hybridized carbons (Fsp3) is 0.606. The highest BCUT2D eigenvalue weighted by Crippen LogP contribution is 2.38. The number of hydrogen-bond acceptors (Lipinski definition) is 7. The van der Waals surface area contributed by atoms with Gasteiger partial charge in [0, 0.05) is 56.6 Å². The van der Waals surface area contributed by atoms with E-state index in [2.05, 4.69) is 10.2 Å². The molecule has 2 aromatic rings. The number of ether oxygens (including phenoxy) is 1. The number of hydrogen-bond donors (Lipinski definition) is 2. The van der Waals surface area contributed by atoms with E-state index in [0.29, 0.717) is 51.6 Å². The first-order valence-electron chi connectivity index (χ1n) is 16.7. The largest absolute Gasteiger partial charge is 0.436 e. The summed E-state index contributed by atoms with van der Waals surface area (Å²) >= 11 is 7.65. The lowest BCUT2D eigenvalue weighted by Gasteiger charge is -2.41. The Morgan fingerprint density at radius 3 is 2.31 bits per heavy atom. The lowest BCUT2D eigenvalue weighted by Crippen LogP contribution is -2.53. The van der Waals surface area contributed by atoms with Gasteiger partial charge in [-0.15, -0.1) is 11.3 Å². The Morgan fingerprint density at radius 1 is 0.958 bits per heavy atom. The van der Waals surface area contributed by atoms with Crippen molar-refractivity contribution in [2.45, 2.75) is 82.2 Å². The average Bonchev–Trinajstić information content (AvgIpc) is 3.45. The number of nitrogens with zero attached hydrogens (tertiary/aromatic N) is 4. The number of halogens is 4. The molecule has 6 rings (SSSR count). The zero-order valence-electron chi connectivity index (χ0n) is 26.8. The third-order valence-corrected chi connectivity index (χ3v) is 11.3. The van der Waals surface area contributed by atoms with Crippen LogP contribution in [0.2, 0.25) is 5.02 Å². The number of rotatable bonds is 6. The fourth-order valence-electron chi connectivity index (χ4n) is 7.42. The minimum absolute atomic E-state index is 0.0712. The summed E-state index contributed by atoms with van der Waals surface area (Å²) in [6.07, 6.45) is -0.179. The van der Waals surface area contributed by atoms with Crippen LogP contribution in [0.1, 0.15) is 61.6 Å². The van der Waals surface area contributed by atoms with Gasteiger partial charge in [0.25, 0.3) is 5.91 Å². The summed E-state index contributed by atoms with van der Waals surface area (Å²) in [5.74, 6) is -0.439. The molecule has 0 spiro atoms. The maximum atomic E-state index is 13.9. The first kappa shape index (κ1) is 34.6. The number of likely N-dealkylation sites (tertiary alicyclic amines) is 3. The van der Waals surface area contributed by atoms with Gasteiger partial charge in [-0.25, -0.2) is 9.59 Å². The number of benzene rings is 1. The molecule has 3 N–H and O–H groups in total. The summed E-state index contributed by atoms with van der Waals surface area (Å²) in [6.45, 7) is 4.23. The minimum Gasteiger partial charge on any atom is -0.436 e. The summed E-state index contributed by atoms with van der Waals surface area (Å²) in [5, 5.41) is 6.65. The van der Waals surface area contributed by atoms with Crippen molar-refractivity contribution in [2.75, 3.05) is 56.9 Å². The van der Waals surface area contributed by atoms with E-state index >= 15 is 0 Å². The monoisotopic (exact) mass is 710 g/mol. The van der Waals surface area contributed by atoms with Gasteiger partial charge in [-0.3, -0.25) is 4.79 Å². The maximum absolute atomic E-state index is 13.9. The van der Waals surface area contributed by atoms with Crippen molar-refractivity contribution in [3.8, 4) is 0 Å². The van der Waals surface area contributed by atoms with E-state index in [0.717, 1.165) is 49.7 Å². The summed E-state index contributed by atoms with van der Waals surface area (Å²) < 4.78 is 47.1. The highest BCUT2D eigenvalue weighted by molar-refractivity contribution is 7.08. The second kappa shape index (κ2) is 14.7. The number of amides is 4. The van der Waals surface area contributed by atoms with E-state index < -0.39 is 35.5 Å². The average molecular weight is 711 g/mol. The standard InChI is InChI=1S/C33H42ClF3N6O4S/c34-26-17-21(16-25(29(26)38)33(35,36)37)18-28(30(44)41-11-5-23(6-12-41)40-9-2-1-3-10-40)47-32(46)42-13-7-24(8-14-42)43-15-4-22-19-48-20-27(22)39-31(43)45/h16-17,19-20,23-24,28H,1-15,18,38H2,(H,39,45)/t28-/m1/s1. The van der Waals surface area contributed by atoms with E-state index in [1.54, 1.807) is 16.2 Å². The molecule has 0 radical (unpaired) electrons. The van der Waals surface area contributed by atoms with Gasteiger partial charge in [0.2, 0.25) is 0 Å². The van der Waals surface area contributed by atoms with Gasteiger partial charge in [-0.1, -0.05) is 18.0 Å². The number of anilines is 2. The SMILES string of the molecule is Nc1c(Cl)cc(C[C@@H](OC(=O)N2CCC(N3CCc4cscc4NC3=O)CC2)C(=O)N2CCC(N3CCCCC3)CC2)cc1C(F)(F)F. The van der Waals surface area contributed by atoms with Crippen molar-refractivity contribution in [3.05, 3.63) is 44.6 Å². The molecular formula is C33H42ClF3N6O4S. The summed E-state index contributed by atoms with van der Waals surface area (Å²) in [5.41, 5.74) is 5.99. The third-order valence-electron chi connectivity index (χ3n) is 10.1. The van der Waals surface area contributed by atoms with Crippen LogP contribution < -0.4 is 11.1 Å². The third kappa shape index (κ3) is 7.81. The Labute approximate surface area is 287 Å². The van der Waals surface area contributed by atoms with Gasteiger partial charge < -0.3 is 35.4 Å². The molecule has 10 nitrogen and oxygen atoms in total. The Kier molecular flexibility index (Phi) is 10.6. The minimum atomic E-state index is -4.75. The van der Waals surface area contributed by atoms with Crippen LogP contribution in [0.25, 0.3) is 0 Å². The van der Waals surface area contributed by atoms with E-state index in [9.17, 15) is 27.6 Å². The van der Waals surface area contributed by atoms with E-state index in [-0.39, 0.29) is 29.1 Å². The van der Waals surface area contributed by atoms with Crippen molar-refractivity contribution in [2.24, 2.45) is 0 Å². The molecule has 0 saturated carbocycles. The second-order valence-corrected chi connectivity index (χ2v) is 14.3. The second-order valence-electron chi connectivity index (χ2n) is 13.2. The van der Waals surface area contributed by atoms with Gasteiger partial charge >= 0.3 is 18.3 Å².